The van der Waals surface area contributed by atoms with Crippen molar-refractivity contribution in [1.29, 1.82) is 0 Å². The second-order valence-corrected chi connectivity index (χ2v) is 8.16. The van der Waals surface area contributed by atoms with E-state index in [1.807, 2.05) is 36.4 Å². The predicted octanol–water partition coefficient (Wildman–Crippen LogP) is 6.19. The normalized spacial score (nSPS) is 12.6. The van der Waals surface area contributed by atoms with Crippen LogP contribution in [0.3, 0.4) is 0 Å². The van der Waals surface area contributed by atoms with Crippen LogP contribution >= 0.6 is 23.2 Å². The van der Waals surface area contributed by atoms with E-state index < -0.39 is 0 Å². The van der Waals surface area contributed by atoms with E-state index in [9.17, 15) is 0 Å². The van der Waals surface area contributed by atoms with Crippen LogP contribution in [0.5, 0.6) is 5.75 Å². The van der Waals surface area contributed by atoms with E-state index in [-0.39, 0.29) is 0 Å². The topological polar surface area (TPSA) is 37.4 Å². The smallest absolute Gasteiger partial charge is 0.119 e. The average Bonchev–Trinajstić information content (AvgIpc) is 2.72. The first kappa shape index (κ1) is 21.9. The molecule has 0 saturated carbocycles. The number of hydrogen-bond donors (Lipinski definition) is 1. The lowest BCUT2D eigenvalue weighted by atomic mass is 10.1. The van der Waals surface area contributed by atoms with E-state index in [1.54, 1.807) is 7.11 Å². The number of anilines is 1. The number of nitrogens with zero attached hydrogens (tertiary/aromatic N) is 2. The molecule has 0 bridgehead atoms. The molecule has 0 saturated heterocycles. The van der Waals surface area contributed by atoms with E-state index in [0.29, 0.717) is 16.9 Å². The van der Waals surface area contributed by atoms with Crippen LogP contribution in [0.4, 0.5) is 5.69 Å². The lowest BCUT2D eigenvalue weighted by molar-refractivity contribution is 0.296. The number of nitrogens with one attached hydrogen (secondary N) is 1. The number of halogens is 2. The number of methoxy groups -OCH3 is 1. The standard InChI is InChI=1S/C23H29Cl2N3O/c1-4-28(13-11-24)12-5-6-16(2)26-23-19-9-7-17(25)14-22(19)27-21-10-8-18(29-3)15-20(21)23/h7-10,14-16H,4-6,11-13H2,1-3H3,(H,26,27)/t16-/m0/s1. The Kier molecular flexibility index (Phi) is 7.82. The molecule has 29 heavy (non-hydrogen) atoms. The fraction of sp³-hybridized carbons (Fsp3) is 0.435. The van der Waals surface area contributed by atoms with Crippen molar-refractivity contribution in [3.8, 4) is 5.75 Å². The van der Waals surface area contributed by atoms with E-state index in [1.165, 1.54) is 0 Å². The van der Waals surface area contributed by atoms with Crippen LogP contribution in [0.2, 0.25) is 5.02 Å². The molecule has 156 valence electrons. The Bertz CT molecular complexity index is 964. The van der Waals surface area contributed by atoms with Crippen LogP contribution in [0.1, 0.15) is 26.7 Å². The average molecular weight is 434 g/mol. The summed E-state index contributed by atoms with van der Waals surface area (Å²) in [5, 5.41) is 6.56. The number of hydrogen-bond acceptors (Lipinski definition) is 4. The lowest BCUT2D eigenvalue weighted by Crippen LogP contribution is -2.27. The van der Waals surface area contributed by atoms with E-state index >= 15 is 0 Å². The second kappa shape index (κ2) is 10.3. The van der Waals surface area contributed by atoms with Gasteiger partial charge in [-0.25, -0.2) is 4.98 Å². The first-order valence-electron chi connectivity index (χ1n) is 10.2. The molecule has 1 heterocycles. The fourth-order valence-corrected chi connectivity index (χ4v) is 4.07. The number of fused-ring (bicyclic) bond motifs is 2. The molecule has 0 amide bonds. The lowest BCUT2D eigenvalue weighted by Gasteiger charge is -2.22. The largest absolute Gasteiger partial charge is 0.497 e. The van der Waals surface area contributed by atoms with Gasteiger partial charge in [0, 0.05) is 34.3 Å². The fourth-order valence-electron chi connectivity index (χ4n) is 3.67. The molecular weight excluding hydrogens is 405 g/mol. The van der Waals surface area contributed by atoms with Gasteiger partial charge in [0.1, 0.15) is 5.75 Å². The predicted molar refractivity (Wildman–Crippen MR) is 126 cm³/mol. The van der Waals surface area contributed by atoms with Crippen LogP contribution in [-0.2, 0) is 0 Å². The first-order valence-corrected chi connectivity index (χ1v) is 11.1. The Balaban J connectivity index is 1.87. The molecule has 0 fully saturated rings. The molecule has 0 aliphatic heterocycles. The molecule has 0 aliphatic rings. The van der Waals surface area contributed by atoms with E-state index in [2.05, 4.69) is 24.1 Å². The zero-order chi connectivity index (χ0) is 20.8. The van der Waals surface area contributed by atoms with Crippen LogP contribution in [0, 0.1) is 0 Å². The van der Waals surface area contributed by atoms with Gasteiger partial charge in [0.25, 0.3) is 0 Å². The molecule has 3 rings (SSSR count). The quantitative estimate of drug-likeness (QED) is 0.305. The summed E-state index contributed by atoms with van der Waals surface area (Å²) in [5.41, 5.74) is 2.90. The van der Waals surface area contributed by atoms with Crippen molar-refractivity contribution in [3.05, 3.63) is 41.4 Å². The number of alkyl halides is 1. The molecule has 0 spiro atoms. The molecule has 3 aromatic rings. The maximum Gasteiger partial charge on any atom is 0.119 e. The zero-order valence-corrected chi connectivity index (χ0v) is 18.9. The van der Waals surface area contributed by atoms with Crippen molar-refractivity contribution in [2.75, 3.05) is 37.9 Å². The highest BCUT2D eigenvalue weighted by Crippen LogP contribution is 2.34. The molecular formula is C23H29Cl2N3O. The van der Waals surface area contributed by atoms with Crippen molar-refractivity contribution >= 4 is 50.7 Å². The van der Waals surface area contributed by atoms with Crippen LogP contribution < -0.4 is 10.1 Å². The molecule has 1 N–H and O–H groups in total. The number of aromatic nitrogens is 1. The minimum atomic E-state index is 0.320. The van der Waals surface area contributed by atoms with Crippen molar-refractivity contribution in [1.82, 2.24) is 9.88 Å². The number of ether oxygens (including phenoxy) is 1. The highest BCUT2D eigenvalue weighted by Gasteiger charge is 2.13. The third-order valence-corrected chi connectivity index (χ3v) is 5.70. The van der Waals surface area contributed by atoms with Gasteiger partial charge in [-0.1, -0.05) is 18.5 Å². The Morgan fingerprint density at radius 1 is 1.10 bits per heavy atom. The number of pyridine rings is 1. The maximum atomic E-state index is 6.22. The minimum Gasteiger partial charge on any atom is -0.497 e. The summed E-state index contributed by atoms with van der Waals surface area (Å²) < 4.78 is 5.45. The Labute approximate surface area is 183 Å². The summed E-state index contributed by atoms with van der Waals surface area (Å²) in [6, 6.07) is 12.2. The number of rotatable bonds is 10. The van der Waals surface area contributed by atoms with Gasteiger partial charge in [0.2, 0.25) is 0 Å². The van der Waals surface area contributed by atoms with Crippen molar-refractivity contribution < 1.29 is 4.74 Å². The summed E-state index contributed by atoms with van der Waals surface area (Å²) in [6.07, 6.45) is 2.19. The van der Waals surface area contributed by atoms with Gasteiger partial charge >= 0.3 is 0 Å². The monoisotopic (exact) mass is 433 g/mol. The second-order valence-electron chi connectivity index (χ2n) is 7.34. The minimum absolute atomic E-state index is 0.320. The van der Waals surface area contributed by atoms with Gasteiger partial charge in [-0.2, -0.15) is 0 Å². The molecule has 1 atom stereocenters. The van der Waals surface area contributed by atoms with Gasteiger partial charge in [-0.15, -0.1) is 11.6 Å². The van der Waals surface area contributed by atoms with Crippen molar-refractivity contribution in [3.63, 3.8) is 0 Å². The van der Waals surface area contributed by atoms with Crippen LogP contribution in [-0.4, -0.2) is 48.5 Å². The zero-order valence-electron chi connectivity index (χ0n) is 17.3. The molecule has 4 nitrogen and oxygen atoms in total. The highest BCUT2D eigenvalue weighted by atomic mass is 35.5. The van der Waals surface area contributed by atoms with E-state index in [4.69, 9.17) is 32.9 Å². The van der Waals surface area contributed by atoms with Gasteiger partial charge in [-0.05, 0) is 69.3 Å². The third-order valence-electron chi connectivity index (χ3n) is 5.29. The van der Waals surface area contributed by atoms with Gasteiger partial charge in [0.05, 0.1) is 23.8 Å². The van der Waals surface area contributed by atoms with Crippen molar-refractivity contribution in [2.24, 2.45) is 0 Å². The van der Waals surface area contributed by atoms with Crippen LogP contribution in [0.25, 0.3) is 21.8 Å². The molecule has 2 aromatic carbocycles. The van der Waals surface area contributed by atoms with Gasteiger partial charge in [0.15, 0.2) is 0 Å². The maximum absolute atomic E-state index is 6.22. The van der Waals surface area contributed by atoms with Crippen LogP contribution in [0.15, 0.2) is 36.4 Å². The summed E-state index contributed by atoms with van der Waals surface area (Å²) in [6.45, 7) is 7.46. The first-order chi connectivity index (χ1) is 14.0. The number of benzene rings is 2. The summed E-state index contributed by atoms with van der Waals surface area (Å²) in [5.74, 6) is 1.50. The Morgan fingerprint density at radius 3 is 2.66 bits per heavy atom. The molecule has 1 aromatic heterocycles. The summed E-state index contributed by atoms with van der Waals surface area (Å²) >= 11 is 12.1. The van der Waals surface area contributed by atoms with E-state index in [0.717, 1.165) is 65.7 Å². The Hall–Kier alpha value is -1.75. The van der Waals surface area contributed by atoms with Crippen molar-refractivity contribution in [2.45, 2.75) is 32.7 Å². The third kappa shape index (κ3) is 5.44. The SMILES string of the molecule is CCN(CCCl)CCC[C@H](C)Nc1c2ccc(Cl)cc2nc2ccc(OC)cc12. The molecule has 6 heteroatoms. The van der Waals surface area contributed by atoms with Gasteiger partial charge in [-0.3, -0.25) is 0 Å². The summed E-state index contributed by atoms with van der Waals surface area (Å²) in [4.78, 5) is 7.19. The molecule has 0 unspecified atom stereocenters. The summed E-state index contributed by atoms with van der Waals surface area (Å²) in [7, 11) is 1.69. The Morgan fingerprint density at radius 2 is 1.93 bits per heavy atom. The molecule has 0 radical (unpaired) electrons. The molecule has 0 aliphatic carbocycles. The van der Waals surface area contributed by atoms with Gasteiger partial charge < -0.3 is 15.0 Å². The highest BCUT2D eigenvalue weighted by molar-refractivity contribution is 6.31.